The van der Waals surface area contributed by atoms with Gasteiger partial charge in [0, 0.05) is 38.4 Å². The quantitative estimate of drug-likeness (QED) is 0.899. The minimum atomic E-state index is -0.248. The molecule has 1 unspecified atom stereocenters. The summed E-state index contributed by atoms with van der Waals surface area (Å²) >= 11 is 0. The number of hydrogen-bond acceptors (Lipinski definition) is 4. The van der Waals surface area contributed by atoms with Crippen LogP contribution in [0.4, 0.5) is 4.39 Å². The fraction of sp³-hybridized carbons (Fsp3) is 0.474. The maximum atomic E-state index is 13.2. The van der Waals surface area contributed by atoms with Gasteiger partial charge in [0.05, 0.1) is 17.9 Å². The topological polar surface area (TPSA) is 53.4 Å². The van der Waals surface area contributed by atoms with E-state index in [-0.39, 0.29) is 11.7 Å². The van der Waals surface area contributed by atoms with E-state index in [9.17, 15) is 9.18 Å². The number of piperidine rings is 1. The first-order valence-corrected chi connectivity index (χ1v) is 9.22. The lowest BCUT2D eigenvalue weighted by molar-refractivity contribution is -0.135. The van der Waals surface area contributed by atoms with Crippen molar-refractivity contribution in [3.63, 3.8) is 0 Å². The number of nitrogens with one attached hydrogen (secondary N) is 1. The summed E-state index contributed by atoms with van der Waals surface area (Å²) in [4.78, 5) is 16.6. The van der Waals surface area contributed by atoms with E-state index in [2.05, 4.69) is 15.3 Å². The molecule has 7 heteroatoms. The Morgan fingerprint density at radius 1 is 1.19 bits per heavy atom. The molecule has 6 nitrogen and oxygen atoms in total. The third kappa shape index (κ3) is 3.64. The highest BCUT2D eigenvalue weighted by atomic mass is 19.1. The van der Waals surface area contributed by atoms with Gasteiger partial charge in [-0.2, -0.15) is 5.10 Å². The number of aromatic nitrogens is 2. The van der Waals surface area contributed by atoms with Crippen LogP contribution in [0, 0.1) is 5.82 Å². The van der Waals surface area contributed by atoms with E-state index >= 15 is 0 Å². The van der Waals surface area contributed by atoms with Gasteiger partial charge in [0.1, 0.15) is 5.82 Å². The Bertz CT molecular complexity index is 760. The number of halogens is 1. The summed E-state index contributed by atoms with van der Waals surface area (Å²) in [6.45, 7) is 4.80. The van der Waals surface area contributed by atoms with Crippen molar-refractivity contribution in [3.8, 4) is 5.69 Å². The van der Waals surface area contributed by atoms with Gasteiger partial charge < -0.3 is 10.2 Å². The lowest BCUT2D eigenvalue weighted by atomic mass is 10.0. The smallest absolute Gasteiger partial charge is 0.236 e. The van der Waals surface area contributed by atoms with Crippen LogP contribution in [0.1, 0.15) is 18.5 Å². The van der Waals surface area contributed by atoms with E-state index in [1.165, 1.54) is 12.1 Å². The van der Waals surface area contributed by atoms with E-state index < -0.39 is 0 Å². The molecule has 0 spiro atoms. The number of amides is 1. The molecule has 1 N–H and O–H groups in total. The molecule has 0 aliphatic carbocycles. The second-order valence-corrected chi connectivity index (χ2v) is 7.01. The van der Waals surface area contributed by atoms with Gasteiger partial charge in [-0.15, -0.1) is 0 Å². The highest BCUT2D eigenvalue weighted by molar-refractivity contribution is 5.79. The maximum absolute atomic E-state index is 13.2. The molecule has 1 atom stereocenters. The van der Waals surface area contributed by atoms with Crippen LogP contribution in [0.5, 0.6) is 0 Å². The van der Waals surface area contributed by atoms with Crippen LogP contribution in [0.25, 0.3) is 5.69 Å². The molecule has 0 radical (unpaired) electrons. The van der Waals surface area contributed by atoms with Gasteiger partial charge in [-0.1, -0.05) is 0 Å². The molecular formula is C19H24FN5O. The van der Waals surface area contributed by atoms with Crippen LogP contribution < -0.4 is 5.32 Å². The minimum Gasteiger partial charge on any atom is -0.336 e. The molecule has 1 amide bonds. The third-order valence-electron chi connectivity index (χ3n) is 5.23. The predicted octanol–water partition coefficient (Wildman–Crippen LogP) is 1.41. The second-order valence-electron chi connectivity index (χ2n) is 7.01. The Hall–Kier alpha value is -2.25. The normalized spacial score (nSPS) is 22.0. The van der Waals surface area contributed by atoms with E-state index in [1.54, 1.807) is 18.3 Å². The van der Waals surface area contributed by atoms with Crippen LogP contribution in [-0.4, -0.2) is 64.3 Å². The zero-order valence-electron chi connectivity index (χ0n) is 14.8. The Balaban J connectivity index is 1.45. The molecule has 0 bridgehead atoms. The first-order valence-electron chi connectivity index (χ1n) is 9.22. The van der Waals surface area contributed by atoms with Gasteiger partial charge in [0.2, 0.25) is 5.91 Å². The van der Waals surface area contributed by atoms with Crippen LogP contribution in [-0.2, 0) is 11.3 Å². The molecule has 0 saturated carbocycles. The number of piperazine rings is 1. The molecule has 2 aromatic rings. The molecule has 3 heterocycles. The van der Waals surface area contributed by atoms with Gasteiger partial charge in [-0.25, -0.2) is 9.07 Å². The molecule has 26 heavy (non-hydrogen) atoms. The SMILES string of the molecule is O=C1CNCCN1C1CCCN(Cc2ccnn2-c2ccc(F)cc2)C1. The highest BCUT2D eigenvalue weighted by Crippen LogP contribution is 2.20. The molecule has 1 aromatic carbocycles. The summed E-state index contributed by atoms with van der Waals surface area (Å²) in [5.41, 5.74) is 1.93. The standard InChI is InChI=1S/C19H24FN5O/c20-15-3-5-16(6-4-15)25-18(7-8-22-25)14-23-10-1-2-17(13-23)24-11-9-21-12-19(24)26/h3-8,17,21H,1-2,9-14H2. The minimum absolute atomic E-state index is 0.208. The average Bonchev–Trinajstić information content (AvgIpc) is 3.11. The fourth-order valence-electron chi connectivity index (χ4n) is 3.93. The van der Waals surface area contributed by atoms with Gasteiger partial charge in [-0.3, -0.25) is 9.69 Å². The van der Waals surface area contributed by atoms with Gasteiger partial charge in [0.25, 0.3) is 0 Å². The molecule has 138 valence electrons. The van der Waals surface area contributed by atoms with Crippen molar-refractivity contribution >= 4 is 5.91 Å². The van der Waals surface area contributed by atoms with Gasteiger partial charge in [0.15, 0.2) is 0 Å². The zero-order valence-corrected chi connectivity index (χ0v) is 14.8. The van der Waals surface area contributed by atoms with Crippen LogP contribution in [0.3, 0.4) is 0 Å². The molecule has 2 aliphatic rings. The number of benzene rings is 1. The number of carbonyl (C=O) groups excluding carboxylic acids is 1. The molecule has 1 aromatic heterocycles. The van der Waals surface area contributed by atoms with Crippen molar-refractivity contribution in [2.45, 2.75) is 25.4 Å². The maximum Gasteiger partial charge on any atom is 0.236 e. The van der Waals surface area contributed by atoms with Crippen LogP contribution in [0.15, 0.2) is 36.5 Å². The van der Waals surface area contributed by atoms with Crippen molar-refractivity contribution in [2.24, 2.45) is 0 Å². The third-order valence-corrected chi connectivity index (χ3v) is 5.23. The van der Waals surface area contributed by atoms with Crippen molar-refractivity contribution in [2.75, 3.05) is 32.7 Å². The van der Waals surface area contributed by atoms with Gasteiger partial charge >= 0.3 is 0 Å². The number of likely N-dealkylation sites (tertiary alicyclic amines) is 1. The summed E-state index contributed by atoms with van der Waals surface area (Å²) in [6, 6.07) is 8.68. The molecule has 2 aliphatic heterocycles. The van der Waals surface area contributed by atoms with Crippen LogP contribution >= 0.6 is 0 Å². The average molecular weight is 357 g/mol. The Labute approximate surface area is 152 Å². The first kappa shape index (κ1) is 17.2. The van der Waals surface area contributed by atoms with Crippen molar-refractivity contribution in [1.82, 2.24) is 24.9 Å². The van der Waals surface area contributed by atoms with E-state index in [4.69, 9.17) is 0 Å². The zero-order chi connectivity index (χ0) is 17.9. The lowest BCUT2D eigenvalue weighted by Crippen LogP contribution is -2.56. The Kier molecular flexibility index (Phi) is 4.99. The highest BCUT2D eigenvalue weighted by Gasteiger charge is 2.30. The van der Waals surface area contributed by atoms with E-state index in [0.29, 0.717) is 12.6 Å². The van der Waals surface area contributed by atoms with E-state index in [1.807, 2.05) is 15.6 Å². The first-order chi connectivity index (χ1) is 12.7. The number of hydrogen-bond donors (Lipinski definition) is 1. The van der Waals surface area contributed by atoms with Gasteiger partial charge in [-0.05, 0) is 49.7 Å². The lowest BCUT2D eigenvalue weighted by Gasteiger charge is -2.41. The number of rotatable bonds is 4. The monoisotopic (exact) mass is 357 g/mol. The number of carbonyl (C=O) groups is 1. The Morgan fingerprint density at radius 2 is 2.04 bits per heavy atom. The predicted molar refractivity (Wildman–Crippen MR) is 96.4 cm³/mol. The molecule has 2 fully saturated rings. The molecule has 2 saturated heterocycles. The fourth-order valence-corrected chi connectivity index (χ4v) is 3.93. The summed E-state index contributed by atoms with van der Waals surface area (Å²) in [6.07, 6.45) is 3.94. The summed E-state index contributed by atoms with van der Waals surface area (Å²) in [5, 5.41) is 7.53. The summed E-state index contributed by atoms with van der Waals surface area (Å²) in [5.74, 6) is -0.0403. The van der Waals surface area contributed by atoms with Crippen LogP contribution in [0.2, 0.25) is 0 Å². The second kappa shape index (κ2) is 7.55. The molecular weight excluding hydrogens is 333 g/mol. The largest absolute Gasteiger partial charge is 0.336 e. The van der Waals surface area contributed by atoms with Crippen molar-refractivity contribution < 1.29 is 9.18 Å². The number of nitrogens with zero attached hydrogens (tertiary/aromatic N) is 4. The summed E-state index contributed by atoms with van der Waals surface area (Å²) < 4.78 is 15.0. The summed E-state index contributed by atoms with van der Waals surface area (Å²) in [7, 11) is 0. The van der Waals surface area contributed by atoms with Crippen molar-refractivity contribution in [1.29, 1.82) is 0 Å². The van der Waals surface area contributed by atoms with E-state index in [0.717, 1.165) is 56.9 Å². The Morgan fingerprint density at radius 3 is 2.85 bits per heavy atom. The molecule has 4 rings (SSSR count). The van der Waals surface area contributed by atoms with Crippen molar-refractivity contribution in [3.05, 3.63) is 48.0 Å².